The number of fused-ring (bicyclic) bond motifs is 1. The minimum absolute atomic E-state index is 0.0286. The van der Waals surface area contributed by atoms with E-state index in [-0.39, 0.29) is 5.82 Å². The first-order chi connectivity index (χ1) is 16.0. The van der Waals surface area contributed by atoms with E-state index in [2.05, 4.69) is 36.0 Å². The van der Waals surface area contributed by atoms with Crippen molar-refractivity contribution in [1.29, 1.82) is 0 Å². The van der Waals surface area contributed by atoms with Crippen LogP contribution in [-0.4, -0.2) is 57.0 Å². The monoisotopic (exact) mass is 481 g/mol. The molecule has 10 heteroatoms. The van der Waals surface area contributed by atoms with E-state index in [4.69, 9.17) is 18.0 Å². The van der Waals surface area contributed by atoms with Gasteiger partial charge in [-0.25, -0.2) is 9.97 Å². The van der Waals surface area contributed by atoms with Gasteiger partial charge in [-0.1, -0.05) is 42.5 Å². The van der Waals surface area contributed by atoms with Crippen LogP contribution in [0, 0.1) is 0 Å². The van der Waals surface area contributed by atoms with Crippen molar-refractivity contribution in [2.45, 2.75) is 30.6 Å². The van der Waals surface area contributed by atoms with Gasteiger partial charge in [-0.2, -0.15) is 0 Å². The highest BCUT2D eigenvalue weighted by Crippen LogP contribution is 2.36. The second kappa shape index (κ2) is 10.8. The SMILES string of the molecule is CN1C(=S)CCSc2cc(N3CCCC3)ncc21.NC(=O)c1n[nH]c(Cc2ccccc2)n1. The first-order valence-electron chi connectivity index (χ1n) is 10.9. The number of nitrogens with one attached hydrogen (secondary N) is 1. The number of aromatic nitrogens is 4. The summed E-state index contributed by atoms with van der Waals surface area (Å²) in [5.74, 6) is 2.24. The number of aromatic amines is 1. The summed E-state index contributed by atoms with van der Waals surface area (Å²) in [6.07, 6.45) is 6.14. The second-order valence-electron chi connectivity index (χ2n) is 7.89. The van der Waals surface area contributed by atoms with E-state index >= 15 is 0 Å². The molecule has 1 fully saturated rings. The van der Waals surface area contributed by atoms with Crippen molar-refractivity contribution in [3.05, 3.63) is 59.8 Å². The lowest BCUT2D eigenvalue weighted by atomic mass is 10.1. The molecule has 1 amide bonds. The van der Waals surface area contributed by atoms with E-state index in [1.165, 1.54) is 17.7 Å². The van der Waals surface area contributed by atoms with Crippen LogP contribution in [0.15, 0.2) is 47.5 Å². The zero-order chi connectivity index (χ0) is 23.2. The predicted octanol–water partition coefficient (Wildman–Crippen LogP) is 3.44. The molecule has 0 radical (unpaired) electrons. The van der Waals surface area contributed by atoms with Crippen molar-refractivity contribution in [2.75, 3.05) is 35.7 Å². The Kier molecular flexibility index (Phi) is 7.56. The Morgan fingerprint density at radius 1 is 1.24 bits per heavy atom. The molecule has 4 heterocycles. The summed E-state index contributed by atoms with van der Waals surface area (Å²) < 4.78 is 0. The van der Waals surface area contributed by atoms with Crippen molar-refractivity contribution in [3.8, 4) is 0 Å². The first kappa shape index (κ1) is 23.2. The molecule has 3 aromatic rings. The summed E-state index contributed by atoms with van der Waals surface area (Å²) in [6, 6.07) is 12.0. The van der Waals surface area contributed by atoms with Gasteiger partial charge in [0.2, 0.25) is 5.82 Å². The van der Waals surface area contributed by atoms with E-state index in [0.717, 1.165) is 47.3 Å². The number of hydrogen-bond acceptors (Lipinski definition) is 7. The average molecular weight is 482 g/mol. The predicted molar refractivity (Wildman–Crippen MR) is 136 cm³/mol. The Hall–Kier alpha value is -2.98. The third-order valence-corrected chi connectivity index (χ3v) is 7.06. The van der Waals surface area contributed by atoms with Gasteiger partial charge in [0.15, 0.2) is 0 Å². The van der Waals surface area contributed by atoms with Gasteiger partial charge in [-0.3, -0.25) is 9.89 Å². The van der Waals surface area contributed by atoms with Gasteiger partial charge in [-0.15, -0.1) is 16.9 Å². The van der Waals surface area contributed by atoms with Gasteiger partial charge >= 0.3 is 0 Å². The number of carbonyl (C=O) groups is 1. The fourth-order valence-corrected chi connectivity index (χ4v) is 5.10. The zero-order valence-electron chi connectivity index (χ0n) is 18.5. The van der Waals surface area contributed by atoms with E-state index in [1.54, 1.807) is 0 Å². The van der Waals surface area contributed by atoms with Crippen LogP contribution >= 0.6 is 24.0 Å². The lowest BCUT2D eigenvalue weighted by Gasteiger charge is -2.21. The maximum Gasteiger partial charge on any atom is 0.288 e. The van der Waals surface area contributed by atoms with Crippen LogP contribution in [0.25, 0.3) is 0 Å². The van der Waals surface area contributed by atoms with Gasteiger partial charge in [0.25, 0.3) is 5.91 Å². The summed E-state index contributed by atoms with van der Waals surface area (Å²) in [4.78, 5) is 26.1. The molecule has 2 aliphatic rings. The van der Waals surface area contributed by atoms with Gasteiger partial charge in [0, 0.05) is 43.6 Å². The normalized spacial score (nSPS) is 15.5. The molecular weight excluding hydrogens is 454 g/mol. The molecule has 33 heavy (non-hydrogen) atoms. The molecule has 0 spiro atoms. The Bertz CT molecular complexity index is 1110. The number of H-pyrrole nitrogens is 1. The van der Waals surface area contributed by atoms with Crippen molar-refractivity contribution < 1.29 is 4.79 Å². The van der Waals surface area contributed by atoms with Crippen molar-refractivity contribution >= 4 is 46.4 Å². The highest BCUT2D eigenvalue weighted by Gasteiger charge is 2.20. The topological polar surface area (TPSA) is 104 Å². The molecule has 0 aliphatic carbocycles. The molecule has 0 unspecified atom stereocenters. The van der Waals surface area contributed by atoms with Gasteiger partial charge in [0.05, 0.1) is 16.9 Å². The molecule has 172 valence electrons. The molecule has 2 aromatic heterocycles. The molecule has 8 nitrogen and oxygen atoms in total. The van der Waals surface area contributed by atoms with Crippen LogP contribution in [0.2, 0.25) is 0 Å². The molecule has 0 atom stereocenters. The molecule has 0 bridgehead atoms. The maximum atomic E-state index is 10.7. The smallest absolute Gasteiger partial charge is 0.288 e. The van der Waals surface area contributed by atoms with E-state index < -0.39 is 5.91 Å². The number of carbonyl (C=O) groups excluding carboxylic acids is 1. The van der Waals surface area contributed by atoms with Gasteiger partial charge in [0.1, 0.15) is 11.6 Å². The third-order valence-electron chi connectivity index (χ3n) is 5.54. The Balaban J connectivity index is 0.000000160. The first-order valence-corrected chi connectivity index (χ1v) is 12.3. The van der Waals surface area contributed by atoms with Crippen LogP contribution < -0.4 is 15.5 Å². The van der Waals surface area contributed by atoms with E-state index in [1.807, 2.05) is 55.3 Å². The zero-order valence-corrected chi connectivity index (χ0v) is 20.2. The van der Waals surface area contributed by atoms with Gasteiger partial charge < -0.3 is 15.5 Å². The van der Waals surface area contributed by atoms with E-state index in [9.17, 15) is 4.79 Å². The minimum Gasteiger partial charge on any atom is -0.363 e. The quantitative estimate of drug-likeness (QED) is 0.546. The lowest BCUT2D eigenvalue weighted by molar-refractivity contribution is 0.0991. The molecule has 5 rings (SSSR count). The molecular formula is C23H27N7OS2. The lowest BCUT2D eigenvalue weighted by Crippen LogP contribution is -2.24. The van der Waals surface area contributed by atoms with Crippen molar-refractivity contribution in [1.82, 2.24) is 20.2 Å². The number of benzene rings is 1. The summed E-state index contributed by atoms with van der Waals surface area (Å²) in [5, 5.41) is 6.37. The Labute approximate surface area is 203 Å². The van der Waals surface area contributed by atoms with Crippen molar-refractivity contribution in [2.24, 2.45) is 5.73 Å². The number of hydrogen-bond donors (Lipinski definition) is 2. The summed E-state index contributed by atoms with van der Waals surface area (Å²) in [5.41, 5.74) is 7.30. The second-order valence-corrected chi connectivity index (χ2v) is 9.50. The molecule has 3 N–H and O–H groups in total. The number of amides is 1. The number of rotatable bonds is 4. The summed E-state index contributed by atoms with van der Waals surface area (Å²) in [6.45, 7) is 2.29. The fraction of sp³-hybridized carbons (Fsp3) is 0.348. The number of thioether (sulfide) groups is 1. The fourth-order valence-electron chi connectivity index (χ4n) is 3.73. The number of nitrogens with two attached hydrogens (primary N) is 1. The van der Waals surface area contributed by atoms with Crippen molar-refractivity contribution in [3.63, 3.8) is 0 Å². The number of thiocarbonyl (C=S) groups is 1. The summed E-state index contributed by atoms with van der Waals surface area (Å²) >= 11 is 7.30. The number of primary amides is 1. The number of pyridine rings is 1. The van der Waals surface area contributed by atoms with Crippen LogP contribution in [0.1, 0.15) is 41.3 Å². The third kappa shape index (κ3) is 5.88. The van der Waals surface area contributed by atoms with Gasteiger partial charge in [-0.05, 0) is 24.5 Å². The maximum absolute atomic E-state index is 10.7. The molecule has 1 aromatic carbocycles. The van der Waals surface area contributed by atoms with Crippen LogP contribution in [0.5, 0.6) is 0 Å². The van der Waals surface area contributed by atoms with Crippen LogP contribution in [0.4, 0.5) is 11.5 Å². The Morgan fingerprint density at radius 3 is 2.70 bits per heavy atom. The average Bonchev–Trinajstić information content (AvgIpc) is 3.50. The van der Waals surface area contributed by atoms with Crippen LogP contribution in [-0.2, 0) is 6.42 Å². The standard InChI is InChI=1S/C13H17N3S2.C10H10N4O/c1-15-10-9-14-12(16-5-2-3-6-16)8-11(10)18-7-4-13(15)17;11-9(15)10-12-8(13-14-10)6-7-4-2-1-3-5-7/h8-9H,2-7H2,1H3;1-5H,6H2,(H2,11,15)(H,12,13,14). The largest absolute Gasteiger partial charge is 0.363 e. The molecule has 0 saturated carbocycles. The highest BCUT2D eigenvalue weighted by molar-refractivity contribution is 7.99. The number of nitrogens with zero attached hydrogens (tertiary/aromatic N) is 5. The van der Waals surface area contributed by atoms with E-state index in [0.29, 0.717) is 12.2 Å². The minimum atomic E-state index is -0.620. The molecule has 1 saturated heterocycles. The highest BCUT2D eigenvalue weighted by atomic mass is 32.2. The molecule has 2 aliphatic heterocycles. The Morgan fingerprint density at radius 2 is 2.00 bits per heavy atom. The summed E-state index contributed by atoms with van der Waals surface area (Å²) in [7, 11) is 2.05. The number of anilines is 2. The van der Waals surface area contributed by atoms with Crippen LogP contribution in [0.3, 0.4) is 0 Å².